The van der Waals surface area contributed by atoms with Gasteiger partial charge in [-0.1, -0.05) is 36.4 Å². The molecule has 0 aromatic heterocycles. The predicted octanol–water partition coefficient (Wildman–Crippen LogP) is 7.06. The Morgan fingerprint density at radius 3 is 1.86 bits per heavy atom. The van der Waals surface area contributed by atoms with Crippen LogP contribution in [0.4, 0.5) is 20.2 Å². The number of anilines is 2. The Morgan fingerprint density at radius 2 is 1.24 bits per heavy atom. The van der Waals surface area contributed by atoms with Gasteiger partial charge in [-0.2, -0.15) is 0 Å². The SMILES string of the molecule is Fc1cccc(CCCCN2CCC(N3CN(CCCCc4cccc(F)c4)c4ccccc43)CC2)c1. The summed E-state index contributed by atoms with van der Waals surface area (Å²) in [6, 6.07) is 23.4. The third kappa shape index (κ3) is 6.89. The number of halogens is 2. The summed E-state index contributed by atoms with van der Waals surface area (Å²) in [4.78, 5) is 7.76. The minimum absolute atomic E-state index is 0.134. The molecule has 2 heterocycles. The lowest BCUT2D eigenvalue weighted by atomic mass is 10.0. The Morgan fingerprint density at radius 1 is 0.649 bits per heavy atom. The molecule has 1 saturated heterocycles. The zero-order valence-corrected chi connectivity index (χ0v) is 21.8. The quantitative estimate of drug-likeness (QED) is 0.259. The van der Waals surface area contributed by atoms with E-state index in [0.717, 1.165) is 82.5 Å². The molecule has 0 N–H and O–H groups in total. The summed E-state index contributed by atoms with van der Waals surface area (Å²) < 4.78 is 26.8. The molecule has 0 bridgehead atoms. The summed E-state index contributed by atoms with van der Waals surface area (Å²) in [7, 11) is 0. The first-order chi connectivity index (χ1) is 18.2. The van der Waals surface area contributed by atoms with Crippen LogP contribution in [-0.2, 0) is 12.8 Å². The van der Waals surface area contributed by atoms with Gasteiger partial charge in [0.15, 0.2) is 0 Å². The monoisotopic (exact) mass is 503 g/mol. The molecular formula is C32H39F2N3. The van der Waals surface area contributed by atoms with Crippen molar-refractivity contribution in [1.82, 2.24) is 4.90 Å². The van der Waals surface area contributed by atoms with Crippen LogP contribution in [0.25, 0.3) is 0 Å². The summed E-state index contributed by atoms with van der Waals surface area (Å²) in [5.74, 6) is -0.276. The van der Waals surface area contributed by atoms with Crippen molar-refractivity contribution < 1.29 is 8.78 Å². The second kappa shape index (κ2) is 12.6. The molecule has 0 amide bonds. The number of piperidine rings is 1. The fourth-order valence-electron chi connectivity index (χ4n) is 5.95. The summed E-state index contributed by atoms with van der Waals surface area (Å²) in [6.07, 6.45) is 8.73. The second-order valence-corrected chi connectivity index (χ2v) is 10.6. The average molecular weight is 504 g/mol. The molecule has 0 radical (unpaired) electrons. The molecule has 2 aliphatic heterocycles. The van der Waals surface area contributed by atoms with E-state index >= 15 is 0 Å². The van der Waals surface area contributed by atoms with Crippen LogP contribution in [0, 0.1) is 11.6 Å². The van der Waals surface area contributed by atoms with Crippen molar-refractivity contribution in [2.75, 3.05) is 42.6 Å². The maximum Gasteiger partial charge on any atom is 0.123 e. The molecule has 5 heteroatoms. The largest absolute Gasteiger partial charge is 0.352 e. The number of likely N-dealkylation sites (tertiary alicyclic amines) is 1. The Hall–Kier alpha value is -2.92. The molecule has 2 aliphatic rings. The fraction of sp³-hybridized carbons (Fsp3) is 0.438. The number of fused-ring (bicyclic) bond motifs is 1. The van der Waals surface area contributed by atoms with Gasteiger partial charge in [-0.15, -0.1) is 0 Å². The van der Waals surface area contributed by atoms with Gasteiger partial charge in [-0.05, 0) is 105 Å². The lowest BCUT2D eigenvalue weighted by Crippen LogP contribution is -2.46. The lowest BCUT2D eigenvalue weighted by molar-refractivity contribution is 0.206. The van der Waals surface area contributed by atoms with E-state index in [1.165, 1.54) is 36.3 Å². The van der Waals surface area contributed by atoms with Crippen molar-refractivity contribution in [3.63, 3.8) is 0 Å². The first-order valence-corrected chi connectivity index (χ1v) is 14.0. The third-order valence-corrected chi connectivity index (χ3v) is 7.96. The first kappa shape index (κ1) is 25.7. The Kier molecular flexibility index (Phi) is 8.72. The van der Waals surface area contributed by atoms with Crippen LogP contribution < -0.4 is 9.80 Å². The molecule has 37 heavy (non-hydrogen) atoms. The van der Waals surface area contributed by atoms with Crippen LogP contribution in [0.2, 0.25) is 0 Å². The summed E-state index contributed by atoms with van der Waals surface area (Å²) in [6.45, 7) is 5.44. The number of rotatable bonds is 11. The summed E-state index contributed by atoms with van der Waals surface area (Å²) in [5, 5.41) is 0. The van der Waals surface area contributed by atoms with Crippen molar-refractivity contribution in [2.24, 2.45) is 0 Å². The van der Waals surface area contributed by atoms with E-state index in [1.807, 2.05) is 12.1 Å². The molecule has 3 aromatic carbocycles. The number of benzene rings is 3. The van der Waals surface area contributed by atoms with Crippen LogP contribution in [0.1, 0.15) is 49.7 Å². The zero-order chi connectivity index (χ0) is 25.5. The van der Waals surface area contributed by atoms with Crippen LogP contribution in [0.3, 0.4) is 0 Å². The highest BCUT2D eigenvalue weighted by molar-refractivity contribution is 5.76. The van der Waals surface area contributed by atoms with E-state index < -0.39 is 0 Å². The van der Waals surface area contributed by atoms with Gasteiger partial charge in [-0.25, -0.2) is 8.78 Å². The summed E-state index contributed by atoms with van der Waals surface area (Å²) >= 11 is 0. The predicted molar refractivity (Wildman–Crippen MR) is 149 cm³/mol. The highest BCUT2D eigenvalue weighted by Gasteiger charge is 2.32. The van der Waals surface area contributed by atoms with Crippen LogP contribution in [0.15, 0.2) is 72.8 Å². The van der Waals surface area contributed by atoms with E-state index in [1.54, 1.807) is 24.3 Å². The standard InChI is InChI=1S/C32H39F2N3/c33-28-13-7-11-26(23-28)9-3-5-19-35-21-17-30(18-22-35)37-25-36(31-15-1-2-16-32(31)37)20-6-4-10-27-12-8-14-29(34)24-27/h1-2,7-8,11-16,23-24,30H,3-6,9-10,17-22,25H2. The van der Waals surface area contributed by atoms with Gasteiger partial charge in [0, 0.05) is 25.7 Å². The van der Waals surface area contributed by atoms with Crippen molar-refractivity contribution >= 4 is 11.4 Å². The number of para-hydroxylation sites is 2. The Labute approximate surface area is 220 Å². The van der Waals surface area contributed by atoms with Gasteiger partial charge in [0.05, 0.1) is 18.0 Å². The topological polar surface area (TPSA) is 9.72 Å². The number of hydrogen-bond donors (Lipinski definition) is 0. The number of unbranched alkanes of at least 4 members (excludes halogenated alkanes) is 2. The van der Waals surface area contributed by atoms with E-state index in [4.69, 9.17) is 0 Å². The number of nitrogens with zero attached hydrogens (tertiary/aromatic N) is 3. The average Bonchev–Trinajstić information content (AvgIpc) is 3.28. The van der Waals surface area contributed by atoms with Gasteiger partial charge >= 0.3 is 0 Å². The Balaban J connectivity index is 1.06. The smallest absolute Gasteiger partial charge is 0.123 e. The van der Waals surface area contributed by atoms with Crippen molar-refractivity contribution in [3.8, 4) is 0 Å². The lowest BCUT2D eigenvalue weighted by Gasteiger charge is -2.38. The molecule has 3 aromatic rings. The van der Waals surface area contributed by atoms with Crippen LogP contribution in [0.5, 0.6) is 0 Å². The maximum absolute atomic E-state index is 13.5. The highest BCUT2D eigenvalue weighted by atomic mass is 19.1. The van der Waals surface area contributed by atoms with E-state index in [0.29, 0.717) is 6.04 Å². The molecule has 0 unspecified atom stereocenters. The minimum Gasteiger partial charge on any atom is -0.352 e. The van der Waals surface area contributed by atoms with Gasteiger partial charge in [0.1, 0.15) is 11.6 Å². The molecule has 0 atom stereocenters. The fourth-order valence-corrected chi connectivity index (χ4v) is 5.95. The molecule has 196 valence electrons. The molecule has 3 nitrogen and oxygen atoms in total. The number of aryl methyl sites for hydroxylation is 2. The highest BCUT2D eigenvalue weighted by Crippen LogP contribution is 2.38. The van der Waals surface area contributed by atoms with Crippen molar-refractivity contribution in [1.29, 1.82) is 0 Å². The summed E-state index contributed by atoms with van der Waals surface area (Å²) in [5.41, 5.74) is 4.92. The second-order valence-electron chi connectivity index (χ2n) is 10.6. The number of hydrogen-bond acceptors (Lipinski definition) is 3. The molecule has 0 aliphatic carbocycles. The van der Waals surface area contributed by atoms with Crippen molar-refractivity contribution in [3.05, 3.63) is 95.6 Å². The molecule has 0 spiro atoms. The van der Waals surface area contributed by atoms with Crippen LogP contribution >= 0.6 is 0 Å². The van der Waals surface area contributed by atoms with Gasteiger partial charge in [-0.3, -0.25) is 0 Å². The van der Waals surface area contributed by atoms with Gasteiger partial charge < -0.3 is 14.7 Å². The van der Waals surface area contributed by atoms with E-state index in [9.17, 15) is 8.78 Å². The van der Waals surface area contributed by atoms with Crippen LogP contribution in [-0.4, -0.2) is 43.8 Å². The normalized spacial score (nSPS) is 16.4. The first-order valence-electron chi connectivity index (χ1n) is 14.0. The van der Waals surface area contributed by atoms with E-state index in [2.05, 4.69) is 39.0 Å². The zero-order valence-electron chi connectivity index (χ0n) is 21.8. The molecule has 0 saturated carbocycles. The maximum atomic E-state index is 13.5. The minimum atomic E-state index is -0.142. The molecule has 1 fully saturated rings. The molecule has 5 rings (SSSR count). The Bertz CT molecular complexity index is 1140. The van der Waals surface area contributed by atoms with Gasteiger partial charge in [0.2, 0.25) is 0 Å². The molecular weight excluding hydrogens is 464 g/mol. The van der Waals surface area contributed by atoms with E-state index in [-0.39, 0.29) is 11.6 Å². The van der Waals surface area contributed by atoms with Gasteiger partial charge in [0.25, 0.3) is 0 Å². The third-order valence-electron chi connectivity index (χ3n) is 7.96. The van der Waals surface area contributed by atoms with Crippen molar-refractivity contribution in [2.45, 2.75) is 57.4 Å².